The van der Waals surface area contributed by atoms with Crippen LogP contribution < -0.4 is 4.74 Å². The fourth-order valence-corrected chi connectivity index (χ4v) is 4.98. The Morgan fingerprint density at radius 1 is 1.00 bits per heavy atom. The summed E-state index contributed by atoms with van der Waals surface area (Å²) in [6.45, 7) is 4.05. The molecule has 0 spiro atoms. The third kappa shape index (κ3) is 4.87. The number of hydrogen-bond donors (Lipinski definition) is 0. The number of aryl methyl sites for hydroxylation is 1. The number of carbonyl (C=O) groups is 2. The van der Waals surface area contributed by atoms with Crippen LogP contribution in [0.4, 0.5) is 0 Å². The van der Waals surface area contributed by atoms with Crippen LogP contribution in [0.15, 0.2) is 77.4 Å². The van der Waals surface area contributed by atoms with Gasteiger partial charge < -0.3 is 23.5 Å². The topological polar surface area (TPSA) is 67.9 Å². The molecule has 2 aromatic heterocycles. The fraction of sp³-hybridized carbons (Fsp3) is 0.310. The molecule has 1 saturated heterocycles. The highest BCUT2D eigenvalue weighted by Gasteiger charge is 2.31. The van der Waals surface area contributed by atoms with Crippen molar-refractivity contribution in [2.45, 2.75) is 32.4 Å². The maximum atomic E-state index is 13.7. The Morgan fingerprint density at radius 2 is 1.81 bits per heavy atom. The summed E-state index contributed by atoms with van der Waals surface area (Å²) < 4.78 is 13.0. The van der Waals surface area contributed by atoms with E-state index in [4.69, 9.17) is 9.15 Å². The van der Waals surface area contributed by atoms with E-state index < -0.39 is 0 Å². The largest absolute Gasteiger partial charge is 0.497 e. The van der Waals surface area contributed by atoms with Crippen LogP contribution in [-0.4, -0.2) is 59.0 Å². The van der Waals surface area contributed by atoms with Crippen LogP contribution in [-0.2, 0) is 17.8 Å². The van der Waals surface area contributed by atoms with Crippen LogP contribution in [0.2, 0.25) is 0 Å². The van der Waals surface area contributed by atoms with E-state index in [0.717, 1.165) is 28.7 Å². The molecule has 4 aromatic rings. The minimum absolute atomic E-state index is 0.0456. The van der Waals surface area contributed by atoms with Crippen LogP contribution in [0.1, 0.15) is 35.0 Å². The number of rotatable bonds is 7. The second-order valence-electron chi connectivity index (χ2n) is 9.32. The predicted molar refractivity (Wildman–Crippen MR) is 138 cm³/mol. The van der Waals surface area contributed by atoms with E-state index in [-0.39, 0.29) is 17.9 Å². The lowest BCUT2D eigenvalue weighted by molar-refractivity contribution is -0.135. The Morgan fingerprint density at radius 3 is 2.58 bits per heavy atom. The monoisotopic (exact) mass is 485 g/mol. The number of nitrogens with zero attached hydrogens (tertiary/aromatic N) is 3. The number of aromatic nitrogens is 1. The van der Waals surface area contributed by atoms with Crippen molar-refractivity contribution in [3.63, 3.8) is 0 Å². The number of carbonyl (C=O) groups excluding carboxylic acids is 2. The van der Waals surface area contributed by atoms with E-state index in [0.29, 0.717) is 44.0 Å². The van der Waals surface area contributed by atoms with Gasteiger partial charge in [-0.25, -0.2) is 0 Å². The van der Waals surface area contributed by atoms with E-state index in [1.807, 2.05) is 88.0 Å². The Balaban J connectivity index is 1.29. The van der Waals surface area contributed by atoms with E-state index in [9.17, 15) is 9.59 Å². The van der Waals surface area contributed by atoms with E-state index in [1.165, 1.54) is 0 Å². The van der Waals surface area contributed by atoms with Gasteiger partial charge >= 0.3 is 0 Å². The highest BCUT2D eigenvalue weighted by atomic mass is 16.5. The van der Waals surface area contributed by atoms with Gasteiger partial charge in [0.1, 0.15) is 11.4 Å². The van der Waals surface area contributed by atoms with Crippen molar-refractivity contribution in [1.82, 2.24) is 14.4 Å². The highest BCUT2D eigenvalue weighted by Crippen LogP contribution is 2.25. The van der Waals surface area contributed by atoms with Crippen molar-refractivity contribution in [2.75, 3.05) is 26.7 Å². The van der Waals surface area contributed by atoms with Gasteiger partial charge in [-0.15, -0.1) is 0 Å². The lowest BCUT2D eigenvalue weighted by Crippen LogP contribution is -2.55. The van der Waals surface area contributed by atoms with Gasteiger partial charge in [-0.3, -0.25) is 9.59 Å². The Labute approximate surface area is 210 Å². The zero-order valence-electron chi connectivity index (χ0n) is 20.7. The van der Waals surface area contributed by atoms with Gasteiger partial charge in [0.15, 0.2) is 0 Å². The average Bonchev–Trinajstić information content (AvgIpc) is 3.50. The number of piperazine rings is 1. The molecule has 3 heterocycles. The standard InChI is InChI=1S/C29H31N3O4/c1-21-19-30(14-15-31(21)27(33)12-11-22-7-4-3-5-8-22)28(34)26-18-24-13-16-36-29(24)32(26)20-23-9-6-10-25(17-23)35-2/h3-10,13,16-18,21H,11-12,14-15,19-20H2,1-2H3/t21-/m1/s1. The van der Waals surface area contributed by atoms with Gasteiger partial charge in [-0.2, -0.15) is 0 Å². The first-order valence-electron chi connectivity index (χ1n) is 12.4. The minimum atomic E-state index is -0.0486. The maximum Gasteiger partial charge on any atom is 0.270 e. The van der Waals surface area contributed by atoms with Crippen molar-refractivity contribution in [2.24, 2.45) is 0 Å². The summed E-state index contributed by atoms with van der Waals surface area (Å²) in [5.74, 6) is 0.856. The third-order valence-electron chi connectivity index (χ3n) is 6.90. The number of methoxy groups -OCH3 is 1. The van der Waals surface area contributed by atoms with Crippen LogP contribution in [0.3, 0.4) is 0 Å². The van der Waals surface area contributed by atoms with Crippen LogP contribution in [0.5, 0.6) is 5.75 Å². The molecule has 2 amide bonds. The quantitative estimate of drug-likeness (QED) is 0.384. The Kier molecular flexibility index (Phi) is 6.80. The molecule has 7 nitrogen and oxygen atoms in total. The second kappa shape index (κ2) is 10.3. The maximum absolute atomic E-state index is 13.7. The van der Waals surface area contributed by atoms with Crippen LogP contribution in [0, 0.1) is 0 Å². The van der Waals surface area contributed by atoms with E-state index >= 15 is 0 Å². The average molecular weight is 486 g/mol. The SMILES string of the molecule is COc1cccc(Cn2c(C(=O)N3CCN(C(=O)CCc4ccccc4)[C@H](C)C3)cc3ccoc32)c1. The molecule has 5 rings (SSSR count). The second-order valence-corrected chi connectivity index (χ2v) is 9.32. The summed E-state index contributed by atoms with van der Waals surface area (Å²) in [7, 11) is 1.64. The molecule has 2 aromatic carbocycles. The lowest BCUT2D eigenvalue weighted by Gasteiger charge is -2.40. The molecule has 0 unspecified atom stereocenters. The van der Waals surface area contributed by atoms with E-state index in [1.54, 1.807) is 13.4 Å². The molecule has 0 aliphatic carbocycles. The zero-order valence-corrected chi connectivity index (χ0v) is 20.7. The molecule has 1 aliphatic heterocycles. The molecule has 36 heavy (non-hydrogen) atoms. The molecule has 186 valence electrons. The summed E-state index contributed by atoms with van der Waals surface area (Å²) in [5, 5.41) is 0.893. The Hall–Kier alpha value is -4.00. The van der Waals surface area contributed by atoms with Gasteiger partial charge in [0, 0.05) is 37.5 Å². The van der Waals surface area contributed by atoms with Crippen molar-refractivity contribution in [3.05, 3.63) is 89.8 Å². The number of fused-ring (bicyclic) bond motifs is 1. The molecule has 1 aliphatic rings. The summed E-state index contributed by atoms with van der Waals surface area (Å²) in [5.41, 5.74) is 3.43. The van der Waals surface area contributed by atoms with Crippen LogP contribution in [0.25, 0.3) is 11.1 Å². The van der Waals surface area contributed by atoms with Crippen molar-refractivity contribution >= 4 is 22.9 Å². The highest BCUT2D eigenvalue weighted by molar-refractivity contribution is 5.98. The third-order valence-corrected chi connectivity index (χ3v) is 6.90. The zero-order chi connectivity index (χ0) is 25.1. The van der Waals surface area contributed by atoms with Gasteiger partial charge in [0.2, 0.25) is 11.6 Å². The number of benzene rings is 2. The minimum Gasteiger partial charge on any atom is -0.497 e. The molecule has 0 bridgehead atoms. The molecule has 7 heteroatoms. The van der Waals surface area contributed by atoms with Crippen molar-refractivity contribution < 1.29 is 18.7 Å². The molecule has 1 atom stereocenters. The van der Waals surface area contributed by atoms with E-state index in [2.05, 4.69) is 0 Å². The Bertz CT molecular complexity index is 1360. The molecular formula is C29H31N3O4. The summed E-state index contributed by atoms with van der Waals surface area (Å²) in [6, 6.07) is 21.6. The molecular weight excluding hydrogens is 454 g/mol. The first-order valence-corrected chi connectivity index (χ1v) is 12.4. The molecule has 0 N–H and O–H groups in total. The van der Waals surface area contributed by atoms with Gasteiger partial charge in [-0.1, -0.05) is 42.5 Å². The fourth-order valence-electron chi connectivity index (χ4n) is 4.98. The number of hydrogen-bond acceptors (Lipinski definition) is 4. The van der Waals surface area contributed by atoms with Gasteiger partial charge in [-0.05, 0) is 48.7 Å². The number of ether oxygens (including phenoxy) is 1. The molecule has 1 fully saturated rings. The summed E-state index contributed by atoms with van der Waals surface area (Å²) in [4.78, 5) is 30.3. The smallest absolute Gasteiger partial charge is 0.270 e. The molecule has 0 radical (unpaired) electrons. The van der Waals surface area contributed by atoms with Crippen molar-refractivity contribution in [1.29, 1.82) is 0 Å². The first kappa shape index (κ1) is 23.7. The van der Waals surface area contributed by atoms with Gasteiger partial charge in [0.05, 0.1) is 19.9 Å². The predicted octanol–water partition coefficient (Wildman–Crippen LogP) is 4.60. The van der Waals surface area contributed by atoms with Crippen molar-refractivity contribution in [3.8, 4) is 5.75 Å². The van der Waals surface area contributed by atoms with Gasteiger partial charge in [0.25, 0.3) is 5.91 Å². The first-order chi connectivity index (χ1) is 17.5. The lowest BCUT2D eigenvalue weighted by atomic mass is 10.1. The number of amides is 2. The van der Waals surface area contributed by atoms with Crippen LogP contribution >= 0.6 is 0 Å². The normalized spacial score (nSPS) is 15.9. The summed E-state index contributed by atoms with van der Waals surface area (Å²) >= 11 is 0. The summed E-state index contributed by atoms with van der Waals surface area (Å²) in [6.07, 6.45) is 2.84. The number of furan rings is 1. The molecule has 0 saturated carbocycles.